The number of hydrogen-bond donors (Lipinski definition) is 0. The van der Waals surface area contributed by atoms with Gasteiger partial charge in [0.25, 0.3) is 0 Å². The first-order valence-corrected chi connectivity index (χ1v) is 16.4. The van der Waals surface area contributed by atoms with Gasteiger partial charge in [0.2, 0.25) is 0 Å². The highest BCUT2D eigenvalue weighted by atomic mass is 16.3. The first-order valence-electron chi connectivity index (χ1n) is 16.4. The summed E-state index contributed by atoms with van der Waals surface area (Å²) in [4.78, 5) is 10.7. The monoisotopic (exact) mass is 595 g/mol. The van der Waals surface area contributed by atoms with Crippen molar-refractivity contribution in [2.24, 2.45) is 5.92 Å². The fourth-order valence-corrected chi connectivity index (χ4v) is 9.09. The first-order chi connectivity index (χ1) is 22.4. The summed E-state index contributed by atoms with van der Waals surface area (Å²) >= 11 is 0. The van der Waals surface area contributed by atoms with E-state index in [9.17, 15) is 0 Å². The van der Waals surface area contributed by atoms with Gasteiger partial charge in [0.05, 0.1) is 28.2 Å². The van der Waals surface area contributed by atoms with E-state index >= 15 is 0 Å². The first kappa shape index (κ1) is 26.0. The number of allylic oxidation sites excluding steroid dienone is 4. The molecule has 0 spiro atoms. The molecule has 4 heteroatoms. The second-order valence-electron chi connectivity index (χ2n) is 13.6. The Labute approximate surface area is 267 Å². The molecule has 10 rings (SSSR count). The molecular weight excluding hydrogens is 562 g/mol. The van der Waals surface area contributed by atoms with Crippen LogP contribution in [0, 0.1) is 5.92 Å². The molecule has 3 aliphatic rings. The summed E-state index contributed by atoms with van der Waals surface area (Å²) in [5.74, 6) is 1.40. The Morgan fingerprint density at radius 2 is 1.48 bits per heavy atom. The average molecular weight is 596 g/mol. The molecule has 1 aliphatic heterocycles. The van der Waals surface area contributed by atoms with Crippen molar-refractivity contribution in [3.8, 4) is 28.3 Å². The second kappa shape index (κ2) is 8.95. The van der Waals surface area contributed by atoms with E-state index in [1.807, 2.05) is 0 Å². The largest absolute Gasteiger partial charge is 0.453 e. The van der Waals surface area contributed by atoms with Gasteiger partial charge >= 0.3 is 0 Å². The summed E-state index contributed by atoms with van der Waals surface area (Å²) in [6.07, 6.45) is 4.83. The molecule has 4 heterocycles. The number of aromatic nitrogens is 3. The molecule has 0 fully saturated rings. The summed E-state index contributed by atoms with van der Waals surface area (Å²) < 4.78 is 9.51. The van der Waals surface area contributed by atoms with Gasteiger partial charge < -0.3 is 8.98 Å². The third kappa shape index (κ3) is 3.19. The summed E-state index contributed by atoms with van der Waals surface area (Å²) in [5, 5.41) is 3.50. The summed E-state index contributed by atoms with van der Waals surface area (Å²) in [5.41, 5.74) is 13.3. The van der Waals surface area contributed by atoms with E-state index in [1.54, 1.807) is 0 Å². The van der Waals surface area contributed by atoms with Gasteiger partial charge in [0.15, 0.2) is 11.4 Å². The van der Waals surface area contributed by atoms with Crippen LogP contribution in [-0.2, 0) is 5.41 Å². The fourth-order valence-electron chi connectivity index (χ4n) is 9.09. The lowest BCUT2D eigenvalue weighted by molar-refractivity contribution is 0.523. The molecule has 46 heavy (non-hydrogen) atoms. The lowest BCUT2D eigenvalue weighted by Crippen LogP contribution is -2.36. The standard InChI is InChI=1S/C42H33N3O/c1-23-20-21-42(4)34-22-31(26-12-6-5-7-13-26)43-41(44-34)30-17-10-15-27-28-16-11-19-33(40(28)46-39(27)30)45-32-18-9-8-14-29(32)36-24(2)35(23)37(42)25(3)38(36)45/h5-25H,1-4H3. The molecule has 222 valence electrons. The van der Waals surface area contributed by atoms with Gasteiger partial charge in [-0.3, -0.25) is 0 Å². The van der Waals surface area contributed by atoms with Crippen LogP contribution in [0.15, 0.2) is 125 Å². The quantitative estimate of drug-likeness (QED) is 0.177. The maximum Gasteiger partial charge on any atom is 0.163 e. The highest BCUT2D eigenvalue weighted by Gasteiger charge is 2.46. The van der Waals surface area contributed by atoms with Gasteiger partial charge in [0, 0.05) is 44.7 Å². The molecule has 3 aromatic heterocycles. The Bertz CT molecular complexity index is 2490. The number of hydrogen-bond acceptors (Lipinski definition) is 3. The van der Waals surface area contributed by atoms with Gasteiger partial charge in [-0.05, 0) is 48.2 Å². The zero-order chi connectivity index (χ0) is 30.9. The van der Waals surface area contributed by atoms with Gasteiger partial charge in [-0.2, -0.15) is 0 Å². The lowest BCUT2D eigenvalue weighted by Gasteiger charge is -2.45. The van der Waals surface area contributed by atoms with E-state index in [-0.39, 0.29) is 11.8 Å². The molecule has 7 aromatic rings. The molecule has 4 unspecified atom stereocenters. The Kier molecular flexibility index (Phi) is 5.06. The summed E-state index contributed by atoms with van der Waals surface area (Å²) in [7, 11) is 0. The zero-order valence-corrected chi connectivity index (χ0v) is 26.4. The molecule has 4 aromatic carbocycles. The van der Waals surface area contributed by atoms with Crippen molar-refractivity contribution < 1.29 is 4.42 Å². The second-order valence-corrected chi connectivity index (χ2v) is 13.6. The van der Waals surface area contributed by atoms with Crippen molar-refractivity contribution in [1.82, 2.24) is 14.5 Å². The summed E-state index contributed by atoms with van der Waals surface area (Å²) in [6, 6.07) is 34.6. The van der Waals surface area contributed by atoms with Crippen LogP contribution < -0.4 is 0 Å². The van der Waals surface area contributed by atoms with Crippen molar-refractivity contribution in [2.45, 2.75) is 44.9 Å². The number of rotatable bonds is 1. The van der Waals surface area contributed by atoms with Crippen LogP contribution in [0.1, 0.15) is 56.5 Å². The molecular formula is C42H33N3O. The lowest BCUT2D eigenvalue weighted by atomic mass is 9.60. The van der Waals surface area contributed by atoms with Crippen LogP contribution in [0.5, 0.6) is 0 Å². The smallest absolute Gasteiger partial charge is 0.163 e. The van der Waals surface area contributed by atoms with E-state index < -0.39 is 5.41 Å². The molecule has 4 atom stereocenters. The van der Waals surface area contributed by atoms with Crippen molar-refractivity contribution in [3.05, 3.63) is 137 Å². The van der Waals surface area contributed by atoms with Gasteiger partial charge in [0.1, 0.15) is 5.58 Å². The molecule has 0 amide bonds. The highest BCUT2D eigenvalue weighted by molar-refractivity contribution is 6.11. The maximum atomic E-state index is 7.00. The molecule has 0 N–H and O–H groups in total. The van der Waals surface area contributed by atoms with Gasteiger partial charge in [-0.1, -0.05) is 111 Å². The van der Waals surface area contributed by atoms with Crippen LogP contribution in [0.3, 0.4) is 0 Å². The topological polar surface area (TPSA) is 43.9 Å². The number of furan rings is 1. The minimum absolute atomic E-state index is 0.136. The minimum atomic E-state index is -0.433. The molecule has 4 nitrogen and oxygen atoms in total. The molecule has 0 saturated heterocycles. The molecule has 0 radical (unpaired) electrons. The van der Waals surface area contributed by atoms with Crippen molar-refractivity contribution in [3.63, 3.8) is 0 Å². The van der Waals surface area contributed by atoms with Crippen LogP contribution >= 0.6 is 0 Å². The summed E-state index contributed by atoms with van der Waals surface area (Å²) in [6.45, 7) is 9.56. The van der Waals surface area contributed by atoms with Crippen LogP contribution in [0.25, 0.3) is 61.2 Å². The van der Waals surface area contributed by atoms with Crippen LogP contribution in [0.2, 0.25) is 0 Å². The Hall–Kier alpha value is -5.22. The Morgan fingerprint density at radius 1 is 0.739 bits per heavy atom. The number of fused-ring (bicyclic) bond motifs is 9. The molecule has 0 saturated carbocycles. The fraction of sp³-hybridized carbons (Fsp3) is 0.190. The molecule has 6 bridgehead atoms. The Morgan fingerprint density at radius 3 is 2.33 bits per heavy atom. The number of nitrogens with zero attached hydrogens (tertiary/aromatic N) is 3. The average Bonchev–Trinajstić information content (AvgIpc) is 3.65. The predicted molar refractivity (Wildman–Crippen MR) is 187 cm³/mol. The Balaban J connectivity index is 1.43. The SMILES string of the molecule is CC1C=CC2(C)C3=C1C(C)c1c(n(c4ccccc14)-c1cccc4c1oc1c(cccc14)-c1nc(-c4ccccc4)cc2n1)C3C. The van der Waals surface area contributed by atoms with E-state index in [0.29, 0.717) is 11.7 Å². The van der Waals surface area contributed by atoms with E-state index in [4.69, 9.17) is 14.4 Å². The number of benzene rings is 4. The van der Waals surface area contributed by atoms with E-state index in [1.165, 1.54) is 33.3 Å². The van der Waals surface area contributed by atoms with Crippen LogP contribution in [-0.4, -0.2) is 14.5 Å². The van der Waals surface area contributed by atoms with Crippen LogP contribution in [0.4, 0.5) is 0 Å². The molecule has 2 aliphatic carbocycles. The predicted octanol–water partition coefficient (Wildman–Crippen LogP) is 10.6. The minimum Gasteiger partial charge on any atom is -0.453 e. The van der Waals surface area contributed by atoms with E-state index in [2.05, 4.69) is 141 Å². The van der Waals surface area contributed by atoms with Crippen molar-refractivity contribution in [2.75, 3.05) is 0 Å². The van der Waals surface area contributed by atoms with Crippen molar-refractivity contribution >= 4 is 32.8 Å². The third-order valence-electron chi connectivity index (χ3n) is 11.1. The number of para-hydroxylation sites is 3. The maximum absolute atomic E-state index is 7.00. The zero-order valence-electron chi connectivity index (χ0n) is 26.4. The van der Waals surface area contributed by atoms with Gasteiger partial charge in [-0.15, -0.1) is 0 Å². The van der Waals surface area contributed by atoms with Crippen molar-refractivity contribution in [1.29, 1.82) is 0 Å². The van der Waals surface area contributed by atoms with E-state index in [0.717, 1.165) is 50.1 Å². The van der Waals surface area contributed by atoms with Gasteiger partial charge in [-0.25, -0.2) is 9.97 Å². The normalized spacial score (nSPS) is 22.9. The third-order valence-corrected chi connectivity index (χ3v) is 11.1. The highest BCUT2D eigenvalue weighted by Crippen LogP contribution is 2.58.